The molecule has 0 radical (unpaired) electrons. The quantitative estimate of drug-likeness (QED) is 0.159. The van der Waals surface area contributed by atoms with Crippen LogP contribution in [0.1, 0.15) is 44.5 Å². The van der Waals surface area contributed by atoms with Gasteiger partial charge >= 0.3 is 0 Å². The smallest absolute Gasteiger partial charge is 0.252 e. The van der Waals surface area contributed by atoms with Gasteiger partial charge in [-0.25, -0.2) is 0 Å². The molecule has 2 spiro atoms. The van der Waals surface area contributed by atoms with E-state index in [0.717, 1.165) is 50.8 Å². The first kappa shape index (κ1) is 52.3. The summed E-state index contributed by atoms with van der Waals surface area (Å²) < 4.78 is 2.55. The zero-order chi connectivity index (χ0) is 62.5. The Balaban J connectivity index is 0.898. The van der Waals surface area contributed by atoms with Crippen molar-refractivity contribution in [3.05, 3.63) is 384 Å². The summed E-state index contributed by atoms with van der Waals surface area (Å²) in [6.07, 6.45) is 0. The van der Waals surface area contributed by atoms with Gasteiger partial charge in [0.2, 0.25) is 0 Å². The van der Waals surface area contributed by atoms with Crippen molar-refractivity contribution >= 4 is 79.0 Å². The molecule has 22 rings (SSSR count). The van der Waals surface area contributed by atoms with Crippen LogP contribution in [0.5, 0.6) is 0 Å². The van der Waals surface area contributed by atoms with E-state index in [1.807, 2.05) is 0 Å². The fourth-order valence-electron chi connectivity index (χ4n) is 19.0. The van der Waals surface area contributed by atoms with Crippen molar-refractivity contribution in [2.45, 2.75) is 10.8 Å². The van der Waals surface area contributed by atoms with Crippen LogP contribution in [0.4, 0.5) is 34.1 Å². The van der Waals surface area contributed by atoms with Crippen molar-refractivity contribution in [1.29, 1.82) is 0 Å². The van der Waals surface area contributed by atoms with E-state index in [0.29, 0.717) is 0 Å². The normalized spacial score (nSPS) is 14.4. The first-order valence-corrected chi connectivity index (χ1v) is 33.7. The van der Waals surface area contributed by atoms with Crippen molar-refractivity contribution in [3.8, 4) is 72.4 Å². The van der Waals surface area contributed by atoms with Crippen LogP contribution in [0.15, 0.2) is 340 Å². The molecular weight excluding hydrogens is 1160 g/mol. The Kier molecular flexibility index (Phi) is 10.5. The number of para-hydroxylation sites is 2. The van der Waals surface area contributed by atoms with Crippen LogP contribution < -0.4 is 26.2 Å². The third-order valence-corrected chi connectivity index (χ3v) is 22.6. The molecule has 3 heterocycles. The van der Waals surface area contributed by atoms with E-state index in [-0.39, 0.29) is 6.71 Å². The third kappa shape index (κ3) is 6.58. The molecule has 0 N–H and O–H groups in total. The number of nitrogens with zero attached hydrogens (tertiary/aromatic N) is 3. The summed E-state index contributed by atoms with van der Waals surface area (Å²) in [5, 5.41) is 2.45. The van der Waals surface area contributed by atoms with Gasteiger partial charge in [-0.3, -0.25) is 0 Å². The van der Waals surface area contributed by atoms with Gasteiger partial charge in [0, 0.05) is 44.8 Å². The lowest BCUT2D eigenvalue weighted by Crippen LogP contribution is -2.61. The van der Waals surface area contributed by atoms with Crippen molar-refractivity contribution < 1.29 is 0 Å². The second-order valence-corrected chi connectivity index (χ2v) is 26.9. The van der Waals surface area contributed by atoms with Gasteiger partial charge in [0.1, 0.15) is 0 Å². The van der Waals surface area contributed by atoms with Crippen molar-refractivity contribution in [2.75, 3.05) is 9.80 Å². The molecule has 96 heavy (non-hydrogen) atoms. The Morgan fingerprint density at radius 1 is 0.229 bits per heavy atom. The lowest BCUT2D eigenvalue weighted by atomic mass is 9.33. The molecule has 15 aromatic carbocycles. The van der Waals surface area contributed by atoms with Gasteiger partial charge in [0.15, 0.2) is 0 Å². The fraction of sp³-hybridized carbons (Fsp3) is 0.0217. The zero-order valence-corrected chi connectivity index (χ0v) is 52.3. The maximum atomic E-state index is 2.72. The van der Waals surface area contributed by atoms with E-state index in [1.54, 1.807) is 0 Å². The molecule has 0 saturated heterocycles. The number of aromatic nitrogens is 1. The average molecular weight is 1210 g/mol. The second kappa shape index (κ2) is 19.2. The van der Waals surface area contributed by atoms with Gasteiger partial charge in [0.25, 0.3) is 6.71 Å². The highest BCUT2D eigenvalue weighted by atomic mass is 15.2. The first-order chi connectivity index (χ1) is 47.7. The van der Waals surface area contributed by atoms with Crippen LogP contribution in [-0.2, 0) is 10.8 Å². The minimum absolute atomic E-state index is 0.207. The molecule has 6 aliphatic rings. The van der Waals surface area contributed by atoms with Gasteiger partial charge in [-0.1, -0.05) is 285 Å². The predicted octanol–water partition coefficient (Wildman–Crippen LogP) is 20.9. The molecule has 16 aromatic rings. The molecule has 0 fully saturated rings. The zero-order valence-electron chi connectivity index (χ0n) is 52.3. The van der Waals surface area contributed by atoms with Crippen LogP contribution in [0.2, 0.25) is 0 Å². The molecule has 0 unspecified atom stereocenters. The van der Waals surface area contributed by atoms with E-state index in [2.05, 4.69) is 354 Å². The van der Waals surface area contributed by atoms with Crippen molar-refractivity contribution in [3.63, 3.8) is 0 Å². The predicted molar refractivity (Wildman–Crippen MR) is 398 cm³/mol. The van der Waals surface area contributed by atoms with Gasteiger partial charge in [-0.05, 0) is 177 Å². The van der Waals surface area contributed by atoms with Crippen LogP contribution >= 0.6 is 0 Å². The maximum absolute atomic E-state index is 2.72. The molecule has 2 aliphatic heterocycles. The highest BCUT2D eigenvalue weighted by Gasteiger charge is 2.56. The monoisotopic (exact) mass is 1210 g/mol. The van der Waals surface area contributed by atoms with E-state index in [4.69, 9.17) is 0 Å². The summed E-state index contributed by atoms with van der Waals surface area (Å²) in [5.74, 6) is 0. The van der Waals surface area contributed by atoms with Crippen molar-refractivity contribution in [2.24, 2.45) is 0 Å². The topological polar surface area (TPSA) is 11.4 Å². The molecular formula is C92H56BN3. The van der Waals surface area contributed by atoms with E-state index >= 15 is 0 Å². The number of benzene rings is 15. The molecule has 0 saturated carbocycles. The molecule has 0 atom stereocenters. The number of anilines is 6. The number of fused-ring (bicyclic) bond motifs is 27. The Morgan fingerprint density at radius 2 is 0.625 bits per heavy atom. The lowest BCUT2D eigenvalue weighted by Gasteiger charge is -2.46. The summed E-state index contributed by atoms with van der Waals surface area (Å²) in [6, 6.07) is 130. The van der Waals surface area contributed by atoms with Crippen LogP contribution in [0.3, 0.4) is 0 Å². The Labute approximate surface area is 557 Å². The Morgan fingerprint density at radius 3 is 1.12 bits per heavy atom. The van der Waals surface area contributed by atoms with Gasteiger partial charge in [0.05, 0.1) is 33.2 Å². The molecule has 1 aromatic heterocycles. The molecule has 4 heteroatoms. The van der Waals surface area contributed by atoms with E-state index < -0.39 is 10.8 Å². The van der Waals surface area contributed by atoms with Crippen LogP contribution in [-0.4, -0.2) is 11.3 Å². The van der Waals surface area contributed by atoms with Gasteiger partial charge < -0.3 is 14.4 Å². The summed E-state index contributed by atoms with van der Waals surface area (Å²) >= 11 is 0. The number of hydrogen-bond donors (Lipinski definition) is 0. The van der Waals surface area contributed by atoms with Crippen LogP contribution in [0, 0.1) is 0 Å². The SMILES string of the molecule is c1ccc(-c2ccc3c(c2)B2c4cc(-c5ccccc5)ccc4N(c4cccc5c4C4(c6ccccc6-c6ccccc64)c4ccccc4-5)c4cc(-n5c6ccccc6c6ccccc65)cc(c42)N3c2ccc3c(c2)C2(c4ccccc4-c4ccccc42)c2ccccc2-3)cc1. The third-order valence-electron chi connectivity index (χ3n) is 22.6. The van der Waals surface area contributed by atoms with Gasteiger partial charge in [-0.15, -0.1) is 0 Å². The number of hydrogen-bond acceptors (Lipinski definition) is 2. The fourth-order valence-corrected chi connectivity index (χ4v) is 19.0. The number of rotatable bonds is 5. The molecule has 442 valence electrons. The molecule has 4 aliphatic carbocycles. The molecule has 0 bridgehead atoms. The average Bonchev–Trinajstić information content (AvgIpc) is 1.43. The maximum Gasteiger partial charge on any atom is 0.252 e. The van der Waals surface area contributed by atoms with E-state index in [9.17, 15) is 0 Å². The summed E-state index contributed by atoms with van der Waals surface area (Å²) in [6.45, 7) is -0.207. The summed E-state index contributed by atoms with van der Waals surface area (Å²) in [4.78, 5) is 5.39. The van der Waals surface area contributed by atoms with Gasteiger partial charge in [-0.2, -0.15) is 0 Å². The highest BCUT2D eigenvalue weighted by Crippen LogP contribution is 2.67. The summed E-state index contributed by atoms with van der Waals surface area (Å²) in [7, 11) is 0. The minimum Gasteiger partial charge on any atom is -0.311 e. The molecule has 0 amide bonds. The van der Waals surface area contributed by atoms with Crippen molar-refractivity contribution in [1.82, 2.24) is 4.57 Å². The highest BCUT2D eigenvalue weighted by molar-refractivity contribution is 7.00. The minimum atomic E-state index is -0.639. The summed E-state index contributed by atoms with van der Waals surface area (Å²) in [5.41, 5.74) is 38.5. The molecule has 3 nitrogen and oxygen atoms in total. The Hall–Kier alpha value is -12.2. The van der Waals surface area contributed by atoms with Crippen LogP contribution in [0.25, 0.3) is 94.3 Å². The lowest BCUT2D eigenvalue weighted by molar-refractivity contribution is 0.793. The van der Waals surface area contributed by atoms with E-state index in [1.165, 1.54) is 138 Å². The standard InChI is InChI=1S/C92H56BN3/c1-3-24-57(25-4-1)59-46-50-84-80(52-59)93-81-53-60(58-26-5-2-6-27-58)47-51-85(81)96(86-45-23-36-72-68-33-12-20-42-78(68)92(89(72)86)76-40-18-10-30-65(76)66-31-11-19-41-77(66)92)88-56-62(95-82-43-21-13-34-70(82)71-35-14-22-44-83(71)95)55-87(90(88)93)94(84)61-48-49-69-67-32-9-17-39-75(67)91(79(69)54-61)73-37-15-7-28-63(73)64-29-8-16-38-74(64)91/h1-56H. The first-order valence-electron chi connectivity index (χ1n) is 33.7. The largest absolute Gasteiger partial charge is 0.311 e. The second-order valence-electron chi connectivity index (χ2n) is 26.9. The Bertz CT molecular complexity index is 5890.